The number of benzene rings is 1. The summed E-state index contributed by atoms with van der Waals surface area (Å²) in [6.07, 6.45) is 3.95. The third-order valence-electron chi connectivity index (χ3n) is 3.63. The molecule has 22 heavy (non-hydrogen) atoms. The van der Waals surface area contributed by atoms with E-state index in [4.69, 9.17) is 4.18 Å². The Bertz CT molecular complexity index is 815. The number of piperidine rings is 1. The average molecular weight is 318 g/mol. The first kappa shape index (κ1) is 14.6. The topological polar surface area (TPSA) is 77.4 Å². The van der Waals surface area contributed by atoms with Crippen LogP contribution >= 0.6 is 12.0 Å². The van der Waals surface area contributed by atoms with Crippen molar-refractivity contribution >= 4 is 34.6 Å². The van der Waals surface area contributed by atoms with Crippen LogP contribution in [0, 0.1) is 0 Å². The van der Waals surface area contributed by atoms with Crippen LogP contribution in [-0.4, -0.2) is 22.6 Å². The molecule has 2 aromatic rings. The fraction of sp³-hybridized carbons (Fsp3) is 0.267. The number of fused-ring (bicyclic) bond motifs is 1. The Balaban J connectivity index is 2.07. The Morgan fingerprint density at radius 1 is 1.27 bits per heavy atom. The predicted octanol–water partition coefficient (Wildman–Crippen LogP) is 1.64. The number of carbonyl (C=O) groups is 2. The van der Waals surface area contributed by atoms with Gasteiger partial charge >= 0.3 is 0 Å². The van der Waals surface area contributed by atoms with Gasteiger partial charge in [0.05, 0.1) is 17.4 Å². The zero-order valence-electron chi connectivity index (χ0n) is 11.9. The van der Waals surface area contributed by atoms with E-state index in [0.717, 1.165) is 5.39 Å². The molecule has 7 heteroatoms. The monoisotopic (exact) mass is 318 g/mol. The first-order valence-electron chi connectivity index (χ1n) is 6.79. The van der Waals surface area contributed by atoms with Crippen molar-refractivity contribution in [1.82, 2.24) is 9.88 Å². The second kappa shape index (κ2) is 5.84. The summed E-state index contributed by atoms with van der Waals surface area (Å²) in [7, 11) is 0. The highest BCUT2D eigenvalue weighted by Crippen LogP contribution is 2.22. The molecule has 0 spiro atoms. The second-order valence-electron chi connectivity index (χ2n) is 4.99. The zero-order valence-corrected chi connectivity index (χ0v) is 12.7. The standard InChI is InChI=1S/C15H14N2O4S/c1-22-21-10-3-2-9-6-7-17(15(20)11(9)8-10)12-4-5-13(18)16-14(12)19/h2-3,6-8,12H,4-5H2,1H3,(H,16,18,19). The number of nitrogens with one attached hydrogen (secondary N) is 1. The molecule has 0 saturated carbocycles. The molecule has 1 aromatic heterocycles. The third-order valence-corrected chi connectivity index (χ3v) is 3.99. The van der Waals surface area contributed by atoms with E-state index < -0.39 is 11.9 Å². The molecule has 6 nitrogen and oxygen atoms in total. The van der Waals surface area contributed by atoms with Crippen LogP contribution in [0.4, 0.5) is 0 Å². The van der Waals surface area contributed by atoms with E-state index in [9.17, 15) is 14.4 Å². The number of aromatic nitrogens is 1. The SMILES string of the molecule is CSOc1ccc2ccn(C3CCC(=O)NC3=O)c(=O)c2c1. The molecule has 1 aromatic carbocycles. The maximum Gasteiger partial charge on any atom is 0.259 e. The lowest BCUT2D eigenvalue weighted by molar-refractivity contribution is -0.135. The molecule has 1 saturated heterocycles. The van der Waals surface area contributed by atoms with Crippen LogP contribution in [0.25, 0.3) is 10.8 Å². The van der Waals surface area contributed by atoms with Crippen LogP contribution < -0.4 is 15.1 Å². The first-order valence-corrected chi connectivity index (χ1v) is 7.94. The van der Waals surface area contributed by atoms with E-state index >= 15 is 0 Å². The van der Waals surface area contributed by atoms with Gasteiger partial charge < -0.3 is 8.75 Å². The maximum atomic E-state index is 12.6. The summed E-state index contributed by atoms with van der Waals surface area (Å²) in [5.74, 6) is -0.155. The largest absolute Gasteiger partial charge is 0.426 e. The van der Waals surface area contributed by atoms with Crippen molar-refractivity contribution in [3.8, 4) is 5.75 Å². The quantitative estimate of drug-likeness (QED) is 0.687. The summed E-state index contributed by atoms with van der Waals surface area (Å²) in [6, 6.07) is 6.38. The Labute approximate surface area is 130 Å². The molecule has 0 radical (unpaired) electrons. The van der Waals surface area contributed by atoms with Crippen LogP contribution in [0.15, 0.2) is 35.3 Å². The van der Waals surface area contributed by atoms with Gasteiger partial charge in [0.15, 0.2) is 0 Å². The van der Waals surface area contributed by atoms with E-state index in [1.165, 1.54) is 16.6 Å². The van der Waals surface area contributed by atoms with Crippen LogP contribution in [0.3, 0.4) is 0 Å². The Morgan fingerprint density at radius 2 is 2.09 bits per heavy atom. The van der Waals surface area contributed by atoms with Gasteiger partial charge in [0.25, 0.3) is 5.56 Å². The van der Waals surface area contributed by atoms with E-state index in [0.29, 0.717) is 17.6 Å². The molecule has 3 rings (SSSR count). The molecule has 1 N–H and O–H groups in total. The number of hydrogen-bond donors (Lipinski definition) is 1. The highest BCUT2D eigenvalue weighted by atomic mass is 32.2. The minimum Gasteiger partial charge on any atom is -0.426 e. The minimum atomic E-state index is -0.653. The van der Waals surface area contributed by atoms with E-state index in [2.05, 4.69) is 5.32 Å². The van der Waals surface area contributed by atoms with Gasteiger partial charge in [-0.2, -0.15) is 0 Å². The van der Waals surface area contributed by atoms with Crippen LogP contribution in [-0.2, 0) is 9.59 Å². The molecule has 1 fully saturated rings. The lowest BCUT2D eigenvalue weighted by Gasteiger charge is -2.23. The van der Waals surface area contributed by atoms with Gasteiger partial charge in [-0.25, -0.2) is 0 Å². The Kier molecular flexibility index (Phi) is 3.89. The molecular formula is C15H14N2O4S. The van der Waals surface area contributed by atoms with Crippen molar-refractivity contribution < 1.29 is 13.8 Å². The van der Waals surface area contributed by atoms with Crippen molar-refractivity contribution in [2.75, 3.05) is 6.26 Å². The number of rotatable bonds is 3. The summed E-state index contributed by atoms with van der Waals surface area (Å²) in [6.45, 7) is 0. The summed E-state index contributed by atoms with van der Waals surface area (Å²) >= 11 is 1.19. The lowest BCUT2D eigenvalue weighted by atomic mass is 10.0. The maximum absolute atomic E-state index is 12.6. The molecule has 1 atom stereocenters. The van der Waals surface area contributed by atoms with Crippen LogP contribution in [0.2, 0.25) is 0 Å². The summed E-state index contributed by atoms with van der Waals surface area (Å²) in [4.78, 5) is 35.8. The number of imide groups is 1. The van der Waals surface area contributed by atoms with Crippen molar-refractivity contribution in [3.63, 3.8) is 0 Å². The van der Waals surface area contributed by atoms with Crippen molar-refractivity contribution in [1.29, 1.82) is 0 Å². The Morgan fingerprint density at radius 3 is 2.82 bits per heavy atom. The second-order valence-corrected chi connectivity index (χ2v) is 5.49. The zero-order chi connectivity index (χ0) is 15.7. The first-order chi connectivity index (χ1) is 10.6. The molecule has 1 unspecified atom stereocenters. The summed E-state index contributed by atoms with van der Waals surface area (Å²) in [5.41, 5.74) is -0.265. The molecule has 0 bridgehead atoms. The van der Waals surface area contributed by atoms with Gasteiger partial charge in [0.2, 0.25) is 11.8 Å². The molecule has 1 aliphatic heterocycles. The lowest BCUT2D eigenvalue weighted by Crippen LogP contribution is -2.44. The van der Waals surface area contributed by atoms with E-state index in [-0.39, 0.29) is 17.9 Å². The number of pyridine rings is 1. The molecular weight excluding hydrogens is 304 g/mol. The van der Waals surface area contributed by atoms with Gasteiger partial charge in [-0.1, -0.05) is 6.07 Å². The van der Waals surface area contributed by atoms with Crippen LogP contribution in [0.1, 0.15) is 18.9 Å². The van der Waals surface area contributed by atoms with Gasteiger partial charge in [0.1, 0.15) is 11.8 Å². The number of carbonyl (C=O) groups excluding carboxylic acids is 2. The number of amides is 2. The van der Waals surface area contributed by atoms with Crippen molar-refractivity contribution in [3.05, 3.63) is 40.8 Å². The molecule has 1 aliphatic rings. The van der Waals surface area contributed by atoms with E-state index in [1.54, 1.807) is 36.7 Å². The number of nitrogens with zero attached hydrogens (tertiary/aromatic N) is 1. The van der Waals surface area contributed by atoms with E-state index in [1.807, 2.05) is 0 Å². The van der Waals surface area contributed by atoms with Gasteiger partial charge in [-0.3, -0.25) is 19.7 Å². The van der Waals surface area contributed by atoms with Gasteiger partial charge in [-0.15, -0.1) is 0 Å². The molecule has 2 amide bonds. The summed E-state index contributed by atoms with van der Waals surface area (Å²) in [5, 5.41) is 3.53. The fourth-order valence-electron chi connectivity index (χ4n) is 2.57. The fourth-order valence-corrected chi connectivity index (χ4v) is 2.87. The smallest absolute Gasteiger partial charge is 0.259 e. The minimum absolute atomic E-state index is 0.233. The highest BCUT2D eigenvalue weighted by molar-refractivity contribution is 7.94. The summed E-state index contributed by atoms with van der Waals surface area (Å²) < 4.78 is 6.72. The van der Waals surface area contributed by atoms with Crippen molar-refractivity contribution in [2.24, 2.45) is 0 Å². The predicted molar refractivity (Wildman–Crippen MR) is 83.8 cm³/mol. The Hall–Kier alpha value is -2.28. The van der Waals surface area contributed by atoms with Crippen LogP contribution in [0.5, 0.6) is 5.75 Å². The third kappa shape index (κ3) is 2.59. The molecule has 2 heterocycles. The van der Waals surface area contributed by atoms with Gasteiger partial charge in [-0.05, 0) is 30.0 Å². The normalized spacial score (nSPS) is 18.3. The molecule has 0 aliphatic carbocycles. The number of hydrogen-bond acceptors (Lipinski definition) is 5. The highest BCUT2D eigenvalue weighted by Gasteiger charge is 2.28. The van der Waals surface area contributed by atoms with Crippen molar-refractivity contribution in [2.45, 2.75) is 18.9 Å². The average Bonchev–Trinajstić information content (AvgIpc) is 2.49. The van der Waals surface area contributed by atoms with Gasteiger partial charge in [0, 0.05) is 18.9 Å². The molecule has 114 valence electrons.